The van der Waals surface area contributed by atoms with E-state index in [-0.39, 0.29) is 0 Å². The van der Waals surface area contributed by atoms with Crippen LogP contribution in [0.3, 0.4) is 0 Å². The average Bonchev–Trinajstić information content (AvgIpc) is 3.05. The van der Waals surface area contributed by atoms with Crippen molar-refractivity contribution in [2.24, 2.45) is 0 Å². The molecule has 0 aliphatic carbocycles. The number of fused-ring (bicyclic) bond motifs is 1. The van der Waals surface area contributed by atoms with Crippen molar-refractivity contribution in [3.8, 4) is 0 Å². The predicted molar refractivity (Wildman–Crippen MR) is 116 cm³/mol. The third-order valence-corrected chi connectivity index (χ3v) is 7.71. The lowest BCUT2D eigenvalue weighted by Gasteiger charge is -2.32. The van der Waals surface area contributed by atoms with Gasteiger partial charge in [-0.1, -0.05) is 29.8 Å². The molecule has 1 saturated heterocycles. The molecule has 0 unspecified atom stereocenters. The summed E-state index contributed by atoms with van der Waals surface area (Å²) in [7, 11) is -1.54. The van der Waals surface area contributed by atoms with E-state index in [4.69, 9.17) is 0 Å². The van der Waals surface area contributed by atoms with Crippen LogP contribution in [-0.4, -0.2) is 55.4 Å². The maximum Gasteiger partial charge on any atom is 0.268 e. The normalized spacial score (nSPS) is 16.7. The maximum atomic E-state index is 13.4. The number of hydrogen-bond donors (Lipinski definition) is 0. The molecule has 0 spiro atoms. The van der Waals surface area contributed by atoms with Crippen molar-refractivity contribution in [2.45, 2.75) is 18.4 Å². The Morgan fingerprint density at radius 1 is 1.00 bits per heavy atom. The highest BCUT2D eigenvalue weighted by atomic mass is 79.9. The van der Waals surface area contributed by atoms with Crippen molar-refractivity contribution in [3.05, 3.63) is 64.3 Å². The summed E-state index contributed by atoms with van der Waals surface area (Å²) in [6.07, 6.45) is 1.79. The SMILES string of the molecule is Cc1ccc(S(=O)(=O)n2cc(CN3CCN(C)CC3)c3cccc(Br)c32)cc1. The molecule has 0 saturated carbocycles. The minimum atomic E-state index is -3.67. The molecule has 5 nitrogen and oxygen atoms in total. The molecule has 0 bridgehead atoms. The molecule has 1 aliphatic rings. The van der Waals surface area contributed by atoms with E-state index < -0.39 is 10.0 Å². The van der Waals surface area contributed by atoms with Gasteiger partial charge in [0.25, 0.3) is 10.0 Å². The number of hydrogen-bond acceptors (Lipinski definition) is 4. The van der Waals surface area contributed by atoms with Crippen LogP contribution in [0.1, 0.15) is 11.1 Å². The second-order valence-corrected chi connectivity index (χ2v) is 10.2. The van der Waals surface area contributed by atoms with E-state index >= 15 is 0 Å². The molecule has 0 atom stereocenters. The smallest absolute Gasteiger partial charge is 0.268 e. The van der Waals surface area contributed by atoms with E-state index in [1.165, 1.54) is 3.97 Å². The zero-order valence-electron chi connectivity index (χ0n) is 16.1. The van der Waals surface area contributed by atoms with Crippen LogP contribution >= 0.6 is 15.9 Å². The molecule has 1 aliphatic heterocycles. The summed E-state index contributed by atoms with van der Waals surface area (Å²) in [4.78, 5) is 5.01. The maximum absolute atomic E-state index is 13.4. The molecule has 1 fully saturated rings. The molecule has 148 valence electrons. The number of benzene rings is 2. The molecule has 2 aromatic carbocycles. The quantitative estimate of drug-likeness (QED) is 0.594. The van der Waals surface area contributed by atoms with Crippen molar-refractivity contribution < 1.29 is 8.42 Å². The highest BCUT2D eigenvalue weighted by Crippen LogP contribution is 2.32. The van der Waals surface area contributed by atoms with Crippen molar-refractivity contribution in [1.82, 2.24) is 13.8 Å². The molecule has 28 heavy (non-hydrogen) atoms. The van der Waals surface area contributed by atoms with Crippen LogP contribution < -0.4 is 0 Å². The number of piperazine rings is 1. The number of aryl methyl sites for hydroxylation is 1. The van der Waals surface area contributed by atoms with Gasteiger partial charge in [0.05, 0.1) is 10.4 Å². The van der Waals surface area contributed by atoms with E-state index in [2.05, 4.69) is 32.8 Å². The Hall–Kier alpha value is -1.67. The minimum Gasteiger partial charge on any atom is -0.304 e. The first kappa shape index (κ1) is 19.6. The first-order chi connectivity index (χ1) is 13.4. The Morgan fingerprint density at radius 2 is 1.68 bits per heavy atom. The zero-order chi connectivity index (χ0) is 19.9. The van der Waals surface area contributed by atoms with Gasteiger partial charge in [-0.15, -0.1) is 0 Å². The van der Waals surface area contributed by atoms with Crippen LogP contribution in [0.5, 0.6) is 0 Å². The summed E-state index contributed by atoms with van der Waals surface area (Å²) in [5.74, 6) is 0. The number of nitrogens with zero attached hydrogens (tertiary/aromatic N) is 3. The van der Waals surface area contributed by atoms with Crippen LogP contribution in [0.2, 0.25) is 0 Å². The molecule has 1 aromatic heterocycles. The fourth-order valence-electron chi connectivity index (χ4n) is 3.66. The lowest BCUT2D eigenvalue weighted by Crippen LogP contribution is -2.43. The first-order valence-corrected chi connectivity index (χ1v) is 11.6. The summed E-state index contributed by atoms with van der Waals surface area (Å²) in [5, 5.41) is 0.976. The van der Waals surface area contributed by atoms with Crippen LogP contribution in [0.15, 0.2) is 58.0 Å². The summed E-state index contributed by atoms with van der Waals surface area (Å²) in [6, 6.07) is 12.9. The van der Waals surface area contributed by atoms with Crippen LogP contribution in [0.4, 0.5) is 0 Å². The van der Waals surface area contributed by atoms with Crippen molar-refractivity contribution in [3.63, 3.8) is 0 Å². The lowest BCUT2D eigenvalue weighted by atomic mass is 10.1. The van der Waals surface area contributed by atoms with Gasteiger partial charge in [0.2, 0.25) is 0 Å². The van der Waals surface area contributed by atoms with Crippen molar-refractivity contribution in [2.75, 3.05) is 33.2 Å². The topological polar surface area (TPSA) is 45.6 Å². The third kappa shape index (κ3) is 3.64. The molecule has 4 rings (SSSR count). The van der Waals surface area contributed by atoms with E-state index in [0.29, 0.717) is 10.4 Å². The number of para-hydroxylation sites is 1. The predicted octanol–water partition coefficient (Wildman–Crippen LogP) is 3.70. The summed E-state index contributed by atoms with van der Waals surface area (Å²) in [5.41, 5.74) is 2.77. The Balaban J connectivity index is 1.79. The van der Waals surface area contributed by atoms with E-state index in [1.54, 1.807) is 18.3 Å². The number of halogens is 1. The standard InChI is InChI=1S/C21H24BrN3O2S/c1-16-6-8-18(9-7-16)28(26,27)25-15-17(14-24-12-10-23(2)11-13-24)19-4-3-5-20(22)21(19)25/h3-9,15H,10-14H2,1-2H3. The van der Waals surface area contributed by atoms with Gasteiger partial charge in [0, 0.05) is 48.8 Å². The molecule has 0 amide bonds. The molecular formula is C21H24BrN3O2S. The van der Waals surface area contributed by atoms with Gasteiger partial charge in [0.15, 0.2) is 0 Å². The average molecular weight is 462 g/mol. The Morgan fingerprint density at radius 3 is 2.36 bits per heavy atom. The van der Waals surface area contributed by atoms with Gasteiger partial charge < -0.3 is 4.90 Å². The summed E-state index contributed by atoms with van der Waals surface area (Å²) >= 11 is 3.57. The third-order valence-electron chi connectivity index (χ3n) is 5.39. The number of rotatable bonds is 4. The largest absolute Gasteiger partial charge is 0.304 e. The molecular weight excluding hydrogens is 438 g/mol. The Kier molecular flexibility index (Phi) is 5.35. The molecule has 0 N–H and O–H groups in total. The monoisotopic (exact) mass is 461 g/mol. The van der Waals surface area contributed by atoms with Gasteiger partial charge in [-0.3, -0.25) is 4.90 Å². The molecule has 2 heterocycles. The van der Waals surface area contributed by atoms with Crippen LogP contribution in [-0.2, 0) is 16.6 Å². The lowest BCUT2D eigenvalue weighted by molar-refractivity contribution is 0.148. The zero-order valence-corrected chi connectivity index (χ0v) is 18.5. The van der Waals surface area contributed by atoms with Crippen molar-refractivity contribution in [1.29, 1.82) is 0 Å². The highest BCUT2D eigenvalue weighted by Gasteiger charge is 2.24. The van der Waals surface area contributed by atoms with E-state index in [1.807, 2.05) is 37.3 Å². The summed E-state index contributed by atoms with van der Waals surface area (Å²) < 4.78 is 29.0. The fourth-order valence-corrected chi connectivity index (χ4v) is 5.75. The summed E-state index contributed by atoms with van der Waals surface area (Å²) in [6.45, 7) is 6.74. The van der Waals surface area contributed by atoms with E-state index in [9.17, 15) is 8.42 Å². The van der Waals surface area contributed by atoms with Gasteiger partial charge in [0.1, 0.15) is 0 Å². The fraction of sp³-hybridized carbons (Fsp3) is 0.333. The van der Waals surface area contributed by atoms with Gasteiger partial charge in [-0.2, -0.15) is 0 Å². The molecule has 0 radical (unpaired) electrons. The van der Waals surface area contributed by atoms with Gasteiger partial charge >= 0.3 is 0 Å². The molecule has 3 aromatic rings. The van der Waals surface area contributed by atoms with Gasteiger partial charge in [-0.05, 0) is 53.7 Å². The first-order valence-electron chi connectivity index (χ1n) is 9.38. The molecule has 7 heteroatoms. The second-order valence-electron chi connectivity index (χ2n) is 7.48. The Labute approximate surface area is 174 Å². The second kappa shape index (κ2) is 7.63. The van der Waals surface area contributed by atoms with Crippen LogP contribution in [0, 0.1) is 6.92 Å². The van der Waals surface area contributed by atoms with E-state index in [0.717, 1.165) is 53.7 Å². The Bertz CT molecular complexity index is 1100. The number of aromatic nitrogens is 1. The van der Waals surface area contributed by atoms with Crippen molar-refractivity contribution >= 4 is 36.9 Å². The van der Waals surface area contributed by atoms with Gasteiger partial charge in [-0.25, -0.2) is 12.4 Å². The number of likely N-dealkylation sites (N-methyl/N-ethyl adjacent to an activating group) is 1. The highest BCUT2D eigenvalue weighted by molar-refractivity contribution is 9.10. The minimum absolute atomic E-state index is 0.303. The van der Waals surface area contributed by atoms with Crippen LogP contribution in [0.25, 0.3) is 10.9 Å².